The number of hydrogen-bond acceptors (Lipinski definition) is 5. The standard InChI is InChI=1S/C17H17N3O3S/c1-10-11(2)24-16-14(10)17(23)20(9-5-7-13(21)22)15(19-16)12-6-3-4-8-18-12/h3-4,6,8H,5,7,9H2,1-2H3,(H,21,22). The van der Waals surface area contributed by atoms with E-state index in [-0.39, 0.29) is 12.0 Å². The van der Waals surface area contributed by atoms with E-state index in [4.69, 9.17) is 5.11 Å². The normalized spacial score (nSPS) is 11.1. The van der Waals surface area contributed by atoms with Crippen LogP contribution in [0.2, 0.25) is 0 Å². The van der Waals surface area contributed by atoms with E-state index in [1.807, 2.05) is 19.9 Å². The van der Waals surface area contributed by atoms with Crippen molar-refractivity contribution in [2.75, 3.05) is 0 Å². The molecule has 0 aliphatic carbocycles. The molecule has 0 aromatic carbocycles. The number of hydrogen-bond donors (Lipinski definition) is 1. The predicted octanol–water partition coefficient (Wildman–Crippen LogP) is 3.00. The highest BCUT2D eigenvalue weighted by Gasteiger charge is 2.18. The molecule has 1 N–H and O–H groups in total. The molecule has 0 radical (unpaired) electrons. The molecule has 24 heavy (non-hydrogen) atoms. The Labute approximate surface area is 142 Å². The lowest BCUT2D eigenvalue weighted by Crippen LogP contribution is -2.24. The van der Waals surface area contributed by atoms with Gasteiger partial charge in [-0.25, -0.2) is 4.98 Å². The maximum Gasteiger partial charge on any atom is 0.303 e. The van der Waals surface area contributed by atoms with Crippen molar-refractivity contribution in [1.29, 1.82) is 0 Å². The summed E-state index contributed by atoms with van der Waals surface area (Å²) in [5.74, 6) is -0.390. The molecule has 0 unspecified atom stereocenters. The highest BCUT2D eigenvalue weighted by Crippen LogP contribution is 2.28. The van der Waals surface area contributed by atoms with Crippen LogP contribution >= 0.6 is 11.3 Å². The van der Waals surface area contributed by atoms with Crippen molar-refractivity contribution < 1.29 is 9.90 Å². The van der Waals surface area contributed by atoms with Crippen LogP contribution in [0.15, 0.2) is 29.2 Å². The van der Waals surface area contributed by atoms with E-state index in [0.717, 1.165) is 10.4 Å². The Morgan fingerprint density at radius 3 is 2.79 bits per heavy atom. The molecule has 0 saturated carbocycles. The van der Waals surface area contributed by atoms with Crippen molar-refractivity contribution >= 4 is 27.5 Å². The second-order valence-corrected chi connectivity index (χ2v) is 6.77. The number of fused-ring (bicyclic) bond motifs is 1. The van der Waals surface area contributed by atoms with Gasteiger partial charge >= 0.3 is 5.97 Å². The number of aromatic nitrogens is 3. The van der Waals surface area contributed by atoms with Gasteiger partial charge in [0.2, 0.25) is 0 Å². The average molecular weight is 343 g/mol. The molecule has 0 saturated heterocycles. The summed E-state index contributed by atoms with van der Waals surface area (Å²) in [4.78, 5) is 34.5. The van der Waals surface area contributed by atoms with Gasteiger partial charge < -0.3 is 5.11 Å². The highest BCUT2D eigenvalue weighted by molar-refractivity contribution is 7.18. The van der Waals surface area contributed by atoms with Crippen molar-refractivity contribution in [3.05, 3.63) is 45.2 Å². The molecule has 0 bridgehead atoms. The van der Waals surface area contributed by atoms with Crippen LogP contribution in [-0.4, -0.2) is 25.6 Å². The second kappa shape index (κ2) is 6.52. The summed E-state index contributed by atoms with van der Waals surface area (Å²) in [6.07, 6.45) is 2.02. The first-order valence-corrected chi connectivity index (χ1v) is 8.44. The minimum Gasteiger partial charge on any atom is -0.481 e. The molecule has 0 atom stereocenters. The van der Waals surface area contributed by atoms with Crippen LogP contribution in [0.4, 0.5) is 0 Å². The number of nitrogens with zero attached hydrogens (tertiary/aromatic N) is 3. The zero-order valence-corrected chi connectivity index (χ0v) is 14.3. The molecule has 3 aromatic rings. The van der Waals surface area contributed by atoms with Crippen LogP contribution in [-0.2, 0) is 11.3 Å². The van der Waals surface area contributed by atoms with Gasteiger partial charge in [0, 0.05) is 24.0 Å². The van der Waals surface area contributed by atoms with E-state index < -0.39 is 5.97 Å². The van der Waals surface area contributed by atoms with Gasteiger partial charge in [-0.2, -0.15) is 0 Å². The summed E-state index contributed by atoms with van der Waals surface area (Å²) in [5.41, 5.74) is 1.41. The molecule has 3 aromatic heterocycles. The van der Waals surface area contributed by atoms with Crippen molar-refractivity contribution in [2.45, 2.75) is 33.2 Å². The molecule has 0 amide bonds. The summed E-state index contributed by atoms with van der Waals surface area (Å²) in [7, 11) is 0. The first kappa shape index (κ1) is 16.3. The molecule has 7 heteroatoms. The zero-order chi connectivity index (χ0) is 17.3. The van der Waals surface area contributed by atoms with Crippen LogP contribution in [0.25, 0.3) is 21.7 Å². The van der Waals surface area contributed by atoms with Crippen LogP contribution in [0.5, 0.6) is 0 Å². The Morgan fingerprint density at radius 2 is 2.12 bits per heavy atom. The fourth-order valence-corrected chi connectivity index (χ4v) is 3.63. The number of carboxylic acids is 1. The fraction of sp³-hybridized carbons (Fsp3) is 0.294. The molecular formula is C17H17N3O3S. The monoisotopic (exact) mass is 343 g/mol. The highest BCUT2D eigenvalue weighted by atomic mass is 32.1. The third kappa shape index (κ3) is 2.94. The third-order valence-electron chi connectivity index (χ3n) is 3.96. The average Bonchev–Trinajstić information content (AvgIpc) is 2.84. The number of pyridine rings is 1. The Morgan fingerprint density at radius 1 is 1.33 bits per heavy atom. The molecular weight excluding hydrogens is 326 g/mol. The van der Waals surface area contributed by atoms with E-state index in [1.54, 1.807) is 22.9 Å². The molecule has 0 spiro atoms. The molecule has 0 aliphatic rings. The lowest BCUT2D eigenvalue weighted by molar-refractivity contribution is -0.137. The van der Waals surface area contributed by atoms with Gasteiger partial charge in [-0.3, -0.25) is 19.1 Å². The first-order valence-electron chi connectivity index (χ1n) is 7.62. The summed E-state index contributed by atoms with van der Waals surface area (Å²) in [6, 6.07) is 5.44. The maximum absolute atomic E-state index is 13.0. The summed E-state index contributed by atoms with van der Waals surface area (Å²) in [6.45, 7) is 4.18. The van der Waals surface area contributed by atoms with Gasteiger partial charge in [-0.05, 0) is 38.0 Å². The number of carboxylic acid groups (broad SMARTS) is 1. The second-order valence-electron chi connectivity index (χ2n) is 5.57. The van der Waals surface area contributed by atoms with Gasteiger partial charge in [-0.15, -0.1) is 11.3 Å². The van der Waals surface area contributed by atoms with Crippen molar-refractivity contribution in [3.8, 4) is 11.5 Å². The Hall–Kier alpha value is -2.54. The van der Waals surface area contributed by atoms with Gasteiger partial charge in [0.05, 0.1) is 5.39 Å². The van der Waals surface area contributed by atoms with E-state index in [0.29, 0.717) is 34.7 Å². The Balaban J connectivity index is 2.20. The Bertz CT molecular complexity index is 961. The van der Waals surface area contributed by atoms with Crippen LogP contribution in [0.3, 0.4) is 0 Å². The minimum absolute atomic E-state index is 0.00772. The van der Waals surface area contributed by atoms with Crippen LogP contribution in [0.1, 0.15) is 23.3 Å². The maximum atomic E-state index is 13.0. The smallest absolute Gasteiger partial charge is 0.303 e. The largest absolute Gasteiger partial charge is 0.481 e. The molecule has 6 nitrogen and oxygen atoms in total. The summed E-state index contributed by atoms with van der Waals surface area (Å²) >= 11 is 1.49. The molecule has 124 valence electrons. The van der Waals surface area contributed by atoms with Gasteiger partial charge in [0.1, 0.15) is 10.5 Å². The lowest BCUT2D eigenvalue weighted by Gasteiger charge is -2.11. The quantitative estimate of drug-likeness (QED) is 0.770. The molecule has 0 fully saturated rings. The SMILES string of the molecule is Cc1sc2nc(-c3ccccn3)n(CCCC(=O)O)c(=O)c2c1C. The first-order chi connectivity index (χ1) is 11.5. The van der Waals surface area contributed by atoms with E-state index in [9.17, 15) is 9.59 Å². The summed E-state index contributed by atoms with van der Waals surface area (Å²) in [5, 5.41) is 9.47. The van der Waals surface area contributed by atoms with Crippen LogP contribution in [0, 0.1) is 13.8 Å². The zero-order valence-electron chi connectivity index (χ0n) is 13.4. The van der Waals surface area contributed by atoms with E-state index in [2.05, 4.69) is 9.97 Å². The molecule has 3 rings (SSSR count). The van der Waals surface area contributed by atoms with Crippen LogP contribution < -0.4 is 5.56 Å². The third-order valence-corrected chi connectivity index (χ3v) is 5.06. The van der Waals surface area contributed by atoms with Crippen molar-refractivity contribution in [3.63, 3.8) is 0 Å². The van der Waals surface area contributed by atoms with E-state index in [1.165, 1.54) is 11.3 Å². The summed E-state index contributed by atoms with van der Waals surface area (Å²) < 4.78 is 1.55. The molecule has 0 aliphatic heterocycles. The topological polar surface area (TPSA) is 85.1 Å². The number of aliphatic carboxylic acids is 1. The van der Waals surface area contributed by atoms with Gasteiger partial charge in [0.25, 0.3) is 5.56 Å². The number of aryl methyl sites for hydroxylation is 2. The minimum atomic E-state index is -0.876. The predicted molar refractivity (Wildman–Crippen MR) is 93.5 cm³/mol. The number of thiophene rings is 1. The fourth-order valence-electron chi connectivity index (χ4n) is 2.61. The number of carbonyl (C=O) groups is 1. The van der Waals surface area contributed by atoms with Gasteiger partial charge in [0.15, 0.2) is 5.82 Å². The van der Waals surface area contributed by atoms with Gasteiger partial charge in [-0.1, -0.05) is 6.07 Å². The van der Waals surface area contributed by atoms with E-state index >= 15 is 0 Å². The number of rotatable bonds is 5. The lowest BCUT2D eigenvalue weighted by atomic mass is 10.2. The Kier molecular flexibility index (Phi) is 4.44. The van der Waals surface area contributed by atoms with Crippen molar-refractivity contribution in [2.24, 2.45) is 0 Å². The van der Waals surface area contributed by atoms with Crippen molar-refractivity contribution in [1.82, 2.24) is 14.5 Å². The molecule has 3 heterocycles.